The number of carbonyl (C=O) groups excluding carboxylic acids is 2. The number of allylic oxidation sites excluding steroid dienone is 1. The Morgan fingerprint density at radius 2 is 1.92 bits per heavy atom. The highest BCUT2D eigenvalue weighted by molar-refractivity contribution is 7.98. The first-order chi connectivity index (χ1) is 11.9. The summed E-state index contributed by atoms with van der Waals surface area (Å²) < 4.78 is 5.18. The fraction of sp³-hybridized carbons (Fsp3) is 0.400. The van der Waals surface area contributed by atoms with Crippen molar-refractivity contribution in [3.63, 3.8) is 0 Å². The van der Waals surface area contributed by atoms with Gasteiger partial charge >= 0.3 is 5.97 Å². The zero-order valence-electron chi connectivity index (χ0n) is 15.5. The van der Waals surface area contributed by atoms with Crippen LogP contribution in [0.1, 0.15) is 33.3 Å². The van der Waals surface area contributed by atoms with Crippen molar-refractivity contribution in [3.05, 3.63) is 46.7 Å². The van der Waals surface area contributed by atoms with Crippen LogP contribution in [0, 0.1) is 5.92 Å². The summed E-state index contributed by atoms with van der Waals surface area (Å²) in [6, 6.07) is 7.91. The van der Waals surface area contributed by atoms with E-state index in [2.05, 4.69) is 0 Å². The molecule has 1 aromatic carbocycles. The molecule has 0 aliphatic carbocycles. The van der Waals surface area contributed by atoms with Gasteiger partial charge in [0.2, 0.25) is 0 Å². The van der Waals surface area contributed by atoms with E-state index in [0.717, 1.165) is 10.5 Å². The van der Waals surface area contributed by atoms with Crippen LogP contribution in [-0.4, -0.2) is 36.2 Å². The molecule has 0 saturated heterocycles. The largest absolute Gasteiger partial charge is 0.462 e. The molecule has 0 spiro atoms. The molecular weight excluding hydrogens is 334 g/mol. The summed E-state index contributed by atoms with van der Waals surface area (Å²) in [5, 5.41) is 0. The summed E-state index contributed by atoms with van der Waals surface area (Å²) in [4.78, 5) is 28.2. The third-order valence-electron chi connectivity index (χ3n) is 3.97. The zero-order valence-corrected chi connectivity index (χ0v) is 16.3. The Labute approximate surface area is 153 Å². The van der Waals surface area contributed by atoms with Gasteiger partial charge < -0.3 is 9.64 Å². The number of esters is 1. The van der Waals surface area contributed by atoms with Crippen molar-refractivity contribution in [3.8, 4) is 0 Å². The average molecular weight is 359 g/mol. The van der Waals surface area contributed by atoms with Crippen molar-refractivity contribution in [2.45, 2.75) is 32.6 Å². The van der Waals surface area contributed by atoms with E-state index in [4.69, 9.17) is 4.74 Å². The van der Waals surface area contributed by atoms with Crippen LogP contribution in [0.4, 0.5) is 0 Å². The molecule has 25 heavy (non-hydrogen) atoms. The van der Waals surface area contributed by atoms with E-state index in [1.165, 1.54) is 0 Å². The monoisotopic (exact) mass is 359 g/mol. The van der Waals surface area contributed by atoms with Crippen LogP contribution < -0.4 is 0 Å². The number of rotatable bonds is 6. The second kappa shape index (κ2) is 8.39. The van der Waals surface area contributed by atoms with Gasteiger partial charge in [-0.25, -0.2) is 4.79 Å². The van der Waals surface area contributed by atoms with Crippen LogP contribution in [0.25, 0.3) is 6.08 Å². The molecule has 1 heterocycles. The number of carbonyl (C=O) groups is 2. The van der Waals surface area contributed by atoms with Crippen LogP contribution in [0.2, 0.25) is 0 Å². The summed E-state index contributed by atoms with van der Waals surface area (Å²) in [6.07, 6.45) is 3.80. The van der Waals surface area contributed by atoms with Gasteiger partial charge in [0.15, 0.2) is 0 Å². The molecule has 0 atom stereocenters. The highest BCUT2D eigenvalue weighted by Crippen LogP contribution is 2.32. The van der Waals surface area contributed by atoms with Crippen molar-refractivity contribution in [1.82, 2.24) is 4.90 Å². The van der Waals surface area contributed by atoms with Crippen LogP contribution in [0.3, 0.4) is 0 Å². The summed E-state index contributed by atoms with van der Waals surface area (Å²) in [6.45, 7) is 8.53. The Morgan fingerprint density at radius 3 is 2.44 bits per heavy atom. The van der Waals surface area contributed by atoms with Gasteiger partial charge in [0.25, 0.3) is 5.91 Å². The summed E-state index contributed by atoms with van der Waals surface area (Å²) >= 11 is 1.66. The Balaban J connectivity index is 2.46. The van der Waals surface area contributed by atoms with Crippen LogP contribution in [0.5, 0.6) is 0 Å². The molecule has 0 saturated carbocycles. The van der Waals surface area contributed by atoms with Gasteiger partial charge in [0.05, 0.1) is 17.8 Å². The van der Waals surface area contributed by atoms with E-state index in [0.29, 0.717) is 29.3 Å². The molecule has 0 bridgehead atoms. The average Bonchev–Trinajstić information content (AvgIpc) is 2.80. The minimum Gasteiger partial charge on any atom is -0.462 e. The first-order valence-electron chi connectivity index (χ1n) is 8.45. The van der Waals surface area contributed by atoms with E-state index in [-0.39, 0.29) is 12.5 Å². The molecule has 0 unspecified atom stereocenters. The molecule has 5 heteroatoms. The normalized spacial score (nSPS) is 16.3. The predicted octanol–water partition coefficient (Wildman–Crippen LogP) is 4.13. The number of nitrogens with zero attached hydrogens (tertiary/aromatic N) is 1. The minimum absolute atomic E-state index is 0.136. The smallest absolute Gasteiger partial charge is 0.340 e. The number of hydrogen-bond acceptors (Lipinski definition) is 4. The molecule has 1 aromatic rings. The lowest BCUT2D eigenvalue weighted by atomic mass is 10.0. The molecule has 1 aliphatic rings. The lowest BCUT2D eigenvalue weighted by Crippen LogP contribution is -2.28. The summed E-state index contributed by atoms with van der Waals surface area (Å²) in [5.74, 6) is -0.266. The quantitative estimate of drug-likeness (QED) is 0.435. The highest BCUT2D eigenvalue weighted by atomic mass is 32.2. The zero-order chi connectivity index (χ0) is 18.6. The van der Waals surface area contributed by atoms with E-state index < -0.39 is 5.97 Å². The fourth-order valence-electron chi connectivity index (χ4n) is 2.78. The van der Waals surface area contributed by atoms with Gasteiger partial charge in [-0.05, 0) is 49.8 Å². The second-order valence-electron chi connectivity index (χ2n) is 6.32. The van der Waals surface area contributed by atoms with Crippen LogP contribution in [-0.2, 0) is 14.3 Å². The molecule has 0 fully saturated rings. The van der Waals surface area contributed by atoms with E-state index >= 15 is 0 Å². The minimum atomic E-state index is -0.438. The van der Waals surface area contributed by atoms with Gasteiger partial charge in [0, 0.05) is 17.1 Å². The summed E-state index contributed by atoms with van der Waals surface area (Å²) in [7, 11) is 0. The lowest BCUT2D eigenvalue weighted by Gasteiger charge is -2.19. The molecule has 0 N–H and O–H groups in total. The molecule has 1 aliphatic heterocycles. The third kappa shape index (κ3) is 4.34. The van der Waals surface area contributed by atoms with Crippen LogP contribution in [0.15, 0.2) is 46.0 Å². The van der Waals surface area contributed by atoms with Crippen molar-refractivity contribution < 1.29 is 14.3 Å². The Kier molecular flexibility index (Phi) is 6.48. The van der Waals surface area contributed by atoms with Gasteiger partial charge in [0.1, 0.15) is 0 Å². The standard InChI is InChI=1S/C20H25NO3S/c1-6-24-20(23)18-14(4)21(12-13(2)3)19(22)17(18)11-15-7-9-16(25-5)10-8-15/h7-11,13H,6,12H2,1-5H3/b17-11-. The van der Waals surface area contributed by atoms with E-state index in [1.807, 2.05) is 51.3 Å². The maximum Gasteiger partial charge on any atom is 0.340 e. The van der Waals surface area contributed by atoms with Gasteiger partial charge in [-0.15, -0.1) is 11.8 Å². The molecule has 134 valence electrons. The number of amides is 1. The first kappa shape index (κ1) is 19.3. The van der Waals surface area contributed by atoms with Gasteiger partial charge in [-0.3, -0.25) is 4.79 Å². The Morgan fingerprint density at radius 1 is 1.28 bits per heavy atom. The number of benzene rings is 1. The molecular formula is C20H25NO3S. The molecule has 2 rings (SSSR count). The number of thioether (sulfide) groups is 1. The van der Waals surface area contributed by atoms with E-state index in [9.17, 15) is 9.59 Å². The number of ether oxygens (including phenoxy) is 1. The molecule has 1 amide bonds. The Bertz CT molecular complexity index is 717. The van der Waals surface area contributed by atoms with Crippen LogP contribution >= 0.6 is 11.8 Å². The van der Waals surface area contributed by atoms with Crippen molar-refractivity contribution in [2.75, 3.05) is 19.4 Å². The highest BCUT2D eigenvalue weighted by Gasteiger charge is 2.37. The first-order valence-corrected chi connectivity index (χ1v) is 9.67. The van der Waals surface area contributed by atoms with Crippen molar-refractivity contribution in [2.24, 2.45) is 5.92 Å². The van der Waals surface area contributed by atoms with E-state index in [1.54, 1.807) is 29.7 Å². The molecule has 0 radical (unpaired) electrons. The molecule has 4 nitrogen and oxygen atoms in total. The molecule has 0 aromatic heterocycles. The SMILES string of the molecule is CCOC(=O)C1=C(C)N(CC(C)C)C(=O)/C1=C\c1ccc(SC)cc1. The maximum absolute atomic E-state index is 12.9. The van der Waals surface area contributed by atoms with Crippen molar-refractivity contribution in [1.29, 1.82) is 0 Å². The van der Waals surface area contributed by atoms with Gasteiger partial charge in [-0.1, -0.05) is 26.0 Å². The fourth-order valence-corrected chi connectivity index (χ4v) is 3.19. The maximum atomic E-state index is 12.9. The van der Waals surface area contributed by atoms with Gasteiger partial charge in [-0.2, -0.15) is 0 Å². The Hall–Kier alpha value is -2.01. The van der Waals surface area contributed by atoms with Crippen molar-refractivity contribution >= 4 is 29.7 Å². The summed E-state index contributed by atoms with van der Waals surface area (Å²) in [5.41, 5.74) is 2.35. The topological polar surface area (TPSA) is 46.6 Å². The number of hydrogen-bond donors (Lipinski definition) is 0. The third-order valence-corrected chi connectivity index (χ3v) is 4.71. The second-order valence-corrected chi connectivity index (χ2v) is 7.20. The predicted molar refractivity (Wildman–Crippen MR) is 102 cm³/mol. The lowest BCUT2D eigenvalue weighted by molar-refractivity contribution is -0.138.